The van der Waals surface area contributed by atoms with Crippen molar-refractivity contribution in [1.82, 2.24) is 0 Å². The molecule has 0 amide bonds. The van der Waals surface area contributed by atoms with Gasteiger partial charge in [-0.05, 0) is 36.6 Å². The average Bonchev–Trinajstić information content (AvgIpc) is 2.12. The number of phenols is 1. The van der Waals surface area contributed by atoms with Crippen LogP contribution in [0.4, 0.5) is 4.39 Å². The smallest absolute Gasteiger partial charge is 0.127 e. The second-order valence-corrected chi connectivity index (χ2v) is 3.31. The van der Waals surface area contributed by atoms with E-state index < -0.39 is 5.82 Å². The second-order valence-electron chi connectivity index (χ2n) is 3.31. The van der Waals surface area contributed by atoms with Crippen LogP contribution < -0.4 is 5.73 Å². The van der Waals surface area contributed by atoms with Gasteiger partial charge in [0.15, 0.2) is 0 Å². The van der Waals surface area contributed by atoms with Crippen molar-refractivity contribution in [3.8, 4) is 5.75 Å². The van der Waals surface area contributed by atoms with E-state index in [1.807, 2.05) is 0 Å². The van der Waals surface area contributed by atoms with E-state index in [0.717, 1.165) is 6.07 Å². The topological polar surface area (TPSA) is 66.5 Å². The van der Waals surface area contributed by atoms with E-state index in [1.165, 1.54) is 12.1 Å². The summed E-state index contributed by atoms with van der Waals surface area (Å²) in [6.07, 6.45) is 0.471. The molecule has 1 unspecified atom stereocenters. The number of hydrogen-bond acceptors (Lipinski definition) is 3. The SMILES string of the molecule is NCC(CO)Cc1cc(O)cc(F)c1. The normalized spacial score (nSPS) is 12.8. The van der Waals surface area contributed by atoms with Gasteiger partial charge < -0.3 is 15.9 Å². The molecule has 1 rings (SSSR count). The highest BCUT2D eigenvalue weighted by atomic mass is 19.1. The largest absolute Gasteiger partial charge is 0.508 e. The highest BCUT2D eigenvalue weighted by molar-refractivity contribution is 5.28. The molecule has 1 aromatic rings. The van der Waals surface area contributed by atoms with E-state index in [0.29, 0.717) is 18.5 Å². The molecule has 0 radical (unpaired) electrons. The highest BCUT2D eigenvalue weighted by Crippen LogP contribution is 2.17. The van der Waals surface area contributed by atoms with Crippen LogP contribution in [0.1, 0.15) is 5.56 Å². The van der Waals surface area contributed by atoms with Crippen molar-refractivity contribution in [2.75, 3.05) is 13.2 Å². The molecule has 1 aromatic carbocycles. The molecule has 0 fully saturated rings. The summed E-state index contributed by atoms with van der Waals surface area (Å²) in [5.74, 6) is -0.668. The van der Waals surface area contributed by atoms with Crippen LogP contribution in [0.2, 0.25) is 0 Å². The van der Waals surface area contributed by atoms with Crippen LogP contribution >= 0.6 is 0 Å². The average molecular weight is 199 g/mol. The number of aliphatic hydroxyl groups is 1. The molecule has 0 saturated carbocycles. The lowest BCUT2D eigenvalue weighted by atomic mass is 10.00. The van der Waals surface area contributed by atoms with Crippen LogP contribution in [0.5, 0.6) is 5.75 Å². The molecule has 0 aliphatic heterocycles. The number of aliphatic hydroxyl groups excluding tert-OH is 1. The number of hydrogen-bond donors (Lipinski definition) is 3. The summed E-state index contributed by atoms with van der Waals surface area (Å²) in [5.41, 5.74) is 6.04. The third-order valence-electron chi connectivity index (χ3n) is 2.06. The molecular weight excluding hydrogens is 185 g/mol. The van der Waals surface area contributed by atoms with Crippen LogP contribution in [-0.2, 0) is 6.42 Å². The fraction of sp³-hybridized carbons (Fsp3) is 0.400. The van der Waals surface area contributed by atoms with Crippen LogP contribution in [0.15, 0.2) is 18.2 Å². The Balaban J connectivity index is 2.75. The first-order chi connectivity index (χ1) is 6.65. The first-order valence-corrected chi connectivity index (χ1v) is 4.45. The van der Waals surface area contributed by atoms with Gasteiger partial charge in [0.2, 0.25) is 0 Å². The van der Waals surface area contributed by atoms with Crippen molar-refractivity contribution in [1.29, 1.82) is 0 Å². The Bertz CT molecular complexity index is 280. The summed E-state index contributed by atoms with van der Waals surface area (Å²) in [7, 11) is 0. The molecule has 0 aliphatic rings. The Morgan fingerprint density at radius 3 is 2.57 bits per heavy atom. The molecule has 0 heterocycles. The minimum absolute atomic E-state index is 0.0340. The fourth-order valence-electron chi connectivity index (χ4n) is 1.31. The Morgan fingerprint density at radius 2 is 2.07 bits per heavy atom. The standard InChI is InChI=1S/C10H14FNO2/c11-9-2-7(3-10(14)4-9)1-8(5-12)6-13/h2-4,8,13-14H,1,5-6,12H2. The first kappa shape index (κ1) is 10.9. The summed E-state index contributed by atoms with van der Waals surface area (Å²) < 4.78 is 12.8. The lowest BCUT2D eigenvalue weighted by Gasteiger charge is -2.11. The molecule has 1 atom stereocenters. The third-order valence-corrected chi connectivity index (χ3v) is 2.06. The number of aromatic hydroxyl groups is 1. The fourth-order valence-corrected chi connectivity index (χ4v) is 1.31. The maximum atomic E-state index is 12.8. The number of benzene rings is 1. The summed E-state index contributed by atoms with van der Waals surface area (Å²) in [4.78, 5) is 0. The van der Waals surface area contributed by atoms with Gasteiger partial charge >= 0.3 is 0 Å². The minimum atomic E-state index is -0.478. The molecule has 0 saturated heterocycles. The Morgan fingerprint density at radius 1 is 1.36 bits per heavy atom. The van der Waals surface area contributed by atoms with Crippen LogP contribution in [0.3, 0.4) is 0 Å². The van der Waals surface area contributed by atoms with E-state index in [-0.39, 0.29) is 18.3 Å². The molecule has 4 heteroatoms. The van der Waals surface area contributed by atoms with Crippen molar-refractivity contribution in [3.05, 3.63) is 29.6 Å². The van der Waals surface area contributed by atoms with Crippen LogP contribution in [0, 0.1) is 11.7 Å². The zero-order valence-corrected chi connectivity index (χ0v) is 7.78. The van der Waals surface area contributed by atoms with Gasteiger partial charge in [0.25, 0.3) is 0 Å². The van der Waals surface area contributed by atoms with Gasteiger partial charge in [-0.2, -0.15) is 0 Å². The van der Waals surface area contributed by atoms with Gasteiger partial charge in [-0.1, -0.05) is 0 Å². The number of phenolic OH excluding ortho intramolecular Hbond substituents is 1. The summed E-state index contributed by atoms with van der Waals surface area (Å²) >= 11 is 0. The van der Waals surface area contributed by atoms with Crippen molar-refractivity contribution in [2.45, 2.75) is 6.42 Å². The lowest BCUT2D eigenvalue weighted by molar-refractivity contribution is 0.229. The second kappa shape index (κ2) is 4.93. The summed E-state index contributed by atoms with van der Waals surface area (Å²) in [5, 5.41) is 18.0. The number of nitrogens with two attached hydrogens (primary N) is 1. The van der Waals surface area contributed by atoms with Crippen molar-refractivity contribution < 1.29 is 14.6 Å². The van der Waals surface area contributed by atoms with Gasteiger partial charge in [0.1, 0.15) is 11.6 Å². The molecule has 3 nitrogen and oxygen atoms in total. The van der Waals surface area contributed by atoms with E-state index in [2.05, 4.69) is 0 Å². The van der Waals surface area contributed by atoms with Gasteiger partial charge in [-0.3, -0.25) is 0 Å². The molecule has 78 valence electrons. The summed E-state index contributed by atoms with van der Waals surface area (Å²) in [6, 6.07) is 3.85. The zero-order chi connectivity index (χ0) is 10.6. The van der Waals surface area contributed by atoms with Gasteiger partial charge in [-0.25, -0.2) is 4.39 Å². The van der Waals surface area contributed by atoms with Crippen LogP contribution in [-0.4, -0.2) is 23.4 Å². The van der Waals surface area contributed by atoms with Crippen molar-refractivity contribution in [3.63, 3.8) is 0 Å². The van der Waals surface area contributed by atoms with E-state index in [9.17, 15) is 4.39 Å². The molecule has 4 N–H and O–H groups in total. The van der Waals surface area contributed by atoms with Crippen LogP contribution in [0.25, 0.3) is 0 Å². The predicted molar refractivity (Wildman–Crippen MR) is 51.4 cm³/mol. The Labute approximate surface area is 82.0 Å². The van der Waals surface area contributed by atoms with Crippen molar-refractivity contribution in [2.24, 2.45) is 11.7 Å². The quantitative estimate of drug-likeness (QED) is 0.666. The number of rotatable bonds is 4. The maximum Gasteiger partial charge on any atom is 0.127 e. The zero-order valence-electron chi connectivity index (χ0n) is 7.78. The third kappa shape index (κ3) is 2.97. The predicted octanol–water partition coefficient (Wildman–Crippen LogP) is 0.641. The molecular formula is C10H14FNO2. The van der Waals surface area contributed by atoms with Gasteiger partial charge in [0, 0.05) is 12.7 Å². The maximum absolute atomic E-state index is 12.8. The highest BCUT2D eigenvalue weighted by Gasteiger charge is 2.08. The lowest BCUT2D eigenvalue weighted by Crippen LogP contribution is -2.20. The monoisotopic (exact) mass is 199 g/mol. The first-order valence-electron chi connectivity index (χ1n) is 4.45. The molecule has 0 bridgehead atoms. The molecule has 0 aliphatic carbocycles. The number of halogens is 1. The van der Waals surface area contributed by atoms with Gasteiger partial charge in [-0.15, -0.1) is 0 Å². The van der Waals surface area contributed by atoms with Gasteiger partial charge in [0.05, 0.1) is 0 Å². The Kier molecular flexibility index (Phi) is 3.85. The Hall–Kier alpha value is -1.13. The van der Waals surface area contributed by atoms with E-state index in [1.54, 1.807) is 0 Å². The molecule has 0 aromatic heterocycles. The van der Waals surface area contributed by atoms with E-state index in [4.69, 9.17) is 15.9 Å². The molecule has 0 spiro atoms. The van der Waals surface area contributed by atoms with E-state index >= 15 is 0 Å². The van der Waals surface area contributed by atoms with Crippen molar-refractivity contribution >= 4 is 0 Å². The molecule has 14 heavy (non-hydrogen) atoms. The minimum Gasteiger partial charge on any atom is -0.508 e. The summed E-state index contributed by atoms with van der Waals surface area (Å²) in [6.45, 7) is 0.307.